The second-order valence-electron chi connectivity index (χ2n) is 9.97. The molecule has 3 fully saturated rings. The van der Waals surface area contributed by atoms with Gasteiger partial charge in [-0.3, -0.25) is 4.79 Å². The van der Waals surface area contributed by atoms with Gasteiger partial charge in [-0.05, 0) is 56.0 Å². The van der Waals surface area contributed by atoms with Crippen molar-refractivity contribution in [3.63, 3.8) is 0 Å². The molecule has 2 aromatic heterocycles. The third-order valence-electron chi connectivity index (χ3n) is 7.67. The molecule has 184 valence electrons. The summed E-state index contributed by atoms with van der Waals surface area (Å²) in [6, 6.07) is 11.6. The number of aromatic nitrogens is 2. The van der Waals surface area contributed by atoms with Crippen LogP contribution in [-0.2, 0) is 11.3 Å². The largest absolute Gasteiger partial charge is 0.373 e. The summed E-state index contributed by atoms with van der Waals surface area (Å²) in [4.78, 5) is 18.4. The molecule has 0 radical (unpaired) electrons. The Balaban J connectivity index is 1.09. The van der Waals surface area contributed by atoms with Gasteiger partial charge in [0.1, 0.15) is 17.7 Å². The lowest BCUT2D eigenvalue weighted by molar-refractivity contribution is 0.0122. The Morgan fingerprint density at radius 1 is 1.17 bits per heavy atom. The summed E-state index contributed by atoms with van der Waals surface area (Å²) in [6.45, 7) is 1.37. The summed E-state index contributed by atoms with van der Waals surface area (Å²) in [5.41, 5.74) is 4.02. The van der Waals surface area contributed by atoms with Gasteiger partial charge >= 0.3 is 0 Å². The van der Waals surface area contributed by atoms with Crippen LogP contribution in [0.4, 0.5) is 5.13 Å². The standard InChI is InChI=1S/C27H23Cl2N3O3S/c28-19-2-1-3-20(29)24(19)25-18(26(35-31-25)15-5-6-15)13-34-22-10-17-9-16(22)11-32(17)27-30-21-7-4-14(12-33)8-23(21)36-27/h1-4,7-8,12,15-17,22H,5-6,9-11,13H2. The number of carbonyl (C=O) groups excluding carboxylic acids is 1. The third-order valence-corrected chi connectivity index (χ3v) is 9.35. The van der Waals surface area contributed by atoms with Gasteiger partial charge < -0.3 is 14.2 Å². The monoisotopic (exact) mass is 539 g/mol. The van der Waals surface area contributed by atoms with E-state index in [-0.39, 0.29) is 6.10 Å². The number of ether oxygens (including phenoxy) is 1. The number of anilines is 1. The van der Waals surface area contributed by atoms with E-state index in [0.717, 1.165) is 65.2 Å². The molecule has 4 aromatic rings. The van der Waals surface area contributed by atoms with Crippen LogP contribution in [-0.4, -0.2) is 35.1 Å². The maximum atomic E-state index is 11.1. The summed E-state index contributed by atoms with van der Waals surface area (Å²) in [5.74, 6) is 1.76. The normalized spacial score (nSPS) is 23.2. The van der Waals surface area contributed by atoms with Gasteiger partial charge in [0.15, 0.2) is 5.13 Å². The van der Waals surface area contributed by atoms with E-state index in [9.17, 15) is 4.79 Å². The number of fused-ring (bicyclic) bond motifs is 3. The molecule has 0 spiro atoms. The fourth-order valence-corrected chi connectivity index (χ4v) is 7.38. The van der Waals surface area contributed by atoms with Gasteiger partial charge in [0.25, 0.3) is 0 Å². The van der Waals surface area contributed by atoms with Crippen molar-refractivity contribution in [2.75, 3.05) is 11.4 Å². The first kappa shape index (κ1) is 22.7. The van der Waals surface area contributed by atoms with Gasteiger partial charge in [-0.2, -0.15) is 0 Å². The van der Waals surface area contributed by atoms with Gasteiger partial charge in [-0.15, -0.1) is 0 Å². The molecule has 9 heteroatoms. The zero-order chi connectivity index (χ0) is 24.4. The van der Waals surface area contributed by atoms with Crippen molar-refractivity contribution in [2.45, 2.75) is 50.4 Å². The Labute approximate surface area is 222 Å². The number of halogens is 2. The van der Waals surface area contributed by atoms with Gasteiger partial charge in [0.2, 0.25) is 0 Å². The van der Waals surface area contributed by atoms with Crippen molar-refractivity contribution in [1.82, 2.24) is 10.1 Å². The lowest BCUT2D eigenvalue weighted by Gasteiger charge is -2.31. The van der Waals surface area contributed by atoms with Gasteiger partial charge in [0, 0.05) is 41.1 Å². The van der Waals surface area contributed by atoms with Crippen LogP contribution >= 0.6 is 34.5 Å². The number of aldehydes is 1. The van der Waals surface area contributed by atoms with E-state index in [1.165, 1.54) is 0 Å². The van der Waals surface area contributed by atoms with E-state index < -0.39 is 0 Å². The molecule has 2 aromatic carbocycles. The highest BCUT2D eigenvalue weighted by Crippen LogP contribution is 2.48. The first-order chi connectivity index (χ1) is 17.6. The zero-order valence-corrected chi connectivity index (χ0v) is 21.7. The Hall–Kier alpha value is -2.45. The zero-order valence-electron chi connectivity index (χ0n) is 19.3. The first-order valence-corrected chi connectivity index (χ1v) is 13.8. The lowest BCUT2D eigenvalue weighted by Crippen LogP contribution is -2.38. The summed E-state index contributed by atoms with van der Waals surface area (Å²) in [6.07, 6.45) is 5.34. The Morgan fingerprint density at radius 2 is 2.00 bits per heavy atom. The lowest BCUT2D eigenvalue weighted by atomic mass is 10.0. The van der Waals surface area contributed by atoms with Crippen molar-refractivity contribution in [3.05, 3.63) is 63.3 Å². The number of hydrogen-bond acceptors (Lipinski definition) is 7. The highest BCUT2D eigenvalue weighted by molar-refractivity contribution is 7.22. The van der Waals surface area contributed by atoms with E-state index >= 15 is 0 Å². The molecule has 2 aliphatic carbocycles. The number of thiazole rings is 1. The molecule has 2 saturated carbocycles. The molecule has 2 bridgehead atoms. The van der Waals surface area contributed by atoms with E-state index in [2.05, 4.69) is 10.1 Å². The van der Waals surface area contributed by atoms with Crippen molar-refractivity contribution in [2.24, 2.45) is 5.92 Å². The van der Waals surface area contributed by atoms with E-state index in [1.807, 2.05) is 36.4 Å². The second-order valence-corrected chi connectivity index (χ2v) is 11.8. The highest BCUT2D eigenvalue weighted by atomic mass is 35.5. The number of rotatable bonds is 7. The Bertz CT molecular complexity index is 1460. The maximum Gasteiger partial charge on any atom is 0.186 e. The maximum absolute atomic E-state index is 11.1. The average molecular weight is 540 g/mol. The minimum Gasteiger partial charge on any atom is -0.373 e. The molecule has 7 rings (SSSR count). The predicted octanol–water partition coefficient (Wildman–Crippen LogP) is 7.13. The minimum atomic E-state index is 0.179. The predicted molar refractivity (Wildman–Crippen MR) is 141 cm³/mol. The minimum absolute atomic E-state index is 0.179. The third kappa shape index (κ3) is 3.84. The van der Waals surface area contributed by atoms with Crippen LogP contribution in [0.5, 0.6) is 0 Å². The molecular formula is C27H23Cl2N3O3S. The molecule has 3 heterocycles. The van der Waals surface area contributed by atoms with Gasteiger partial charge in [-0.1, -0.05) is 45.8 Å². The van der Waals surface area contributed by atoms with E-state index in [4.69, 9.17) is 37.4 Å². The molecule has 36 heavy (non-hydrogen) atoms. The Morgan fingerprint density at radius 3 is 2.72 bits per heavy atom. The molecule has 0 amide bonds. The smallest absolute Gasteiger partial charge is 0.186 e. The molecule has 1 saturated heterocycles. The molecule has 3 atom stereocenters. The van der Waals surface area contributed by atoms with Gasteiger partial charge in [0.05, 0.1) is 33.0 Å². The summed E-state index contributed by atoms with van der Waals surface area (Å²) >= 11 is 14.7. The molecule has 1 aliphatic heterocycles. The second kappa shape index (κ2) is 8.84. The van der Waals surface area contributed by atoms with Crippen LogP contribution < -0.4 is 4.90 Å². The summed E-state index contributed by atoms with van der Waals surface area (Å²) < 4.78 is 13.4. The number of nitrogens with zero attached hydrogens (tertiary/aromatic N) is 3. The Kier molecular flexibility index (Phi) is 5.58. The number of piperidine rings is 1. The van der Waals surface area contributed by atoms with Crippen LogP contribution in [0.25, 0.3) is 21.5 Å². The number of hydrogen-bond donors (Lipinski definition) is 0. The molecule has 3 unspecified atom stereocenters. The quantitative estimate of drug-likeness (QED) is 0.232. The van der Waals surface area contributed by atoms with Crippen molar-refractivity contribution < 1.29 is 14.1 Å². The fourth-order valence-electron chi connectivity index (χ4n) is 5.71. The van der Waals surface area contributed by atoms with Crippen LogP contribution in [0.1, 0.15) is 53.3 Å². The topological polar surface area (TPSA) is 68.5 Å². The summed E-state index contributed by atoms with van der Waals surface area (Å²) in [5, 5.41) is 6.54. The number of carbonyl (C=O) groups is 1. The van der Waals surface area contributed by atoms with Crippen LogP contribution in [0.15, 0.2) is 40.9 Å². The fraction of sp³-hybridized carbons (Fsp3) is 0.370. The average Bonchev–Trinajstić information content (AvgIpc) is 3.22. The SMILES string of the molecule is O=Cc1ccc2nc(N3CC4CC3CC4OCc3c(-c4c(Cl)cccc4Cl)noc3C3CC3)sc2c1. The number of benzene rings is 2. The first-order valence-electron chi connectivity index (χ1n) is 12.3. The molecular weight excluding hydrogens is 517 g/mol. The van der Waals surface area contributed by atoms with E-state index in [0.29, 0.717) is 51.4 Å². The van der Waals surface area contributed by atoms with Crippen LogP contribution in [0, 0.1) is 5.92 Å². The van der Waals surface area contributed by atoms with E-state index in [1.54, 1.807) is 11.3 Å². The van der Waals surface area contributed by atoms with Crippen LogP contribution in [0.2, 0.25) is 10.0 Å². The van der Waals surface area contributed by atoms with Crippen molar-refractivity contribution in [1.29, 1.82) is 0 Å². The molecule has 6 nitrogen and oxygen atoms in total. The van der Waals surface area contributed by atoms with Crippen LogP contribution in [0.3, 0.4) is 0 Å². The van der Waals surface area contributed by atoms with Crippen molar-refractivity contribution in [3.8, 4) is 11.3 Å². The molecule has 0 N–H and O–H groups in total. The van der Waals surface area contributed by atoms with Crippen molar-refractivity contribution >= 4 is 56.2 Å². The summed E-state index contributed by atoms with van der Waals surface area (Å²) in [7, 11) is 0. The highest BCUT2D eigenvalue weighted by Gasteiger charge is 2.46. The van der Waals surface area contributed by atoms with Gasteiger partial charge in [-0.25, -0.2) is 4.98 Å². The molecule has 3 aliphatic rings.